The van der Waals surface area contributed by atoms with E-state index in [1.807, 2.05) is 45.0 Å². The number of nitrogens with one attached hydrogen (secondary N) is 1. The van der Waals surface area contributed by atoms with Gasteiger partial charge in [-0.05, 0) is 45.0 Å². The monoisotopic (exact) mass is 388 g/mol. The van der Waals surface area contributed by atoms with Gasteiger partial charge < -0.3 is 10.1 Å². The number of fused-ring (bicyclic) bond motifs is 1. The molecule has 0 radical (unpaired) electrons. The van der Waals surface area contributed by atoms with Gasteiger partial charge in [0.15, 0.2) is 0 Å². The summed E-state index contributed by atoms with van der Waals surface area (Å²) in [7, 11) is 1.64. The first kappa shape index (κ1) is 18.6. The van der Waals surface area contributed by atoms with Crippen LogP contribution in [0.25, 0.3) is 21.5 Å². The van der Waals surface area contributed by atoms with Gasteiger partial charge in [0.1, 0.15) is 22.0 Å². The van der Waals surface area contributed by atoms with Crippen molar-refractivity contribution in [3.05, 3.63) is 29.3 Å². The molecule has 2 heterocycles. The zero-order valence-corrected chi connectivity index (χ0v) is 16.7. The molecule has 1 N–H and O–H groups in total. The number of ether oxygens (including phenoxy) is 1. The zero-order chi connectivity index (χ0) is 18.7. The van der Waals surface area contributed by atoms with Crippen molar-refractivity contribution in [1.29, 1.82) is 0 Å². The Morgan fingerprint density at radius 2 is 2.00 bits per heavy atom. The van der Waals surface area contributed by atoms with Crippen molar-refractivity contribution in [2.24, 2.45) is 0 Å². The molecule has 3 rings (SSSR count). The Morgan fingerprint density at radius 1 is 1.27 bits per heavy atom. The van der Waals surface area contributed by atoms with Crippen molar-refractivity contribution in [1.82, 2.24) is 20.5 Å². The largest absolute Gasteiger partial charge is 0.497 e. The quantitative estimate of drug-likeness (QED) is 0.649. The van der Waals surface area contributed by atoms with Crippen molar-refractivity contribution in [3.63, 3.8) is 0 Å². The SMILES string of the molecule is COc1ccc(-c2nnc(SCC(=O)NC(C)C)c3nc(C)sc23)cc1. The number of methoxy groups -OCH3 is 1. The van der Waals surface area contributed by atoms with Gasteiger partial charge in [0.05, 0.1) is 22.6 Å². The van der Waals surface area contributed by atoms with Crippen LogP contribution in [0.4, 0.5) is 0 Å². The highest BCUT2D eigenvalue weighted by Crippen LogP contribution is 2.35. The summed E-state index contributed by atoms with van der Waals surface area (Å²) in [6.07, 6.45) is 0. The minimum atomic E-state index is -0.0221. The van der Waals surface area contributed by atoms with E-state index in [1.165, 1.54) is 11.8 Å². The molecule has 0 spiro atoms. The third-order valence-electron chi connectivity index (χ3n) is 3.55. The molecule has 3 aromatic rings. The molecule has 0 saturated heterocycles. The van der Waals surface area contributed by atoms with E-state index in [9.17, 15) is 4.79 Å². The summed E-state index contributed by atoms with van der Waals surface area (Å²) in [6.45, 7) is 5.84. The average Bonchev–Trinajstić information content (AvgIpc) is 3.00. The molecule has 0 aliphatic heterocycles. The third kappa shape index (κ3) is 4.13. The molecular formula is C18H20N4O2S2. The molecule has 0 bridgehead atoms. The molecule has 8 heteroatoms. The Balaban J connectivity index is 1.92. The number of nitrogens with zero attached hydrogens (tertiary/aromatic N) is 3. The second-order valence-corrected chi connectivity index (χ2v) is 8.17. The second-order valence-electron chi connectivity index (χ2n) is 6.00. The van der Waals surface area contributed by atoms with Gasteiger partial charge in [0.2, 0.25) is 5.91 Å². The summed E-state index contributed by atoms with van der Waals surface area (Å²) in [5, 5.41) is 13.2. The molecule has 0 aliphatic carbocycles. The van der Waals surface area contributed by atoms with Crippen LogP contribution in [0.1, 0.15) is 18.9 Å². The summed E-state index contributed by atoms with van der Waals surface area (Å²) in [5.74, 6) is 1.06. The molecule has 6 nitrogen and oxygen atoms in total. The number of rotatable bonds is 6. The van der Waals surface area contributed by atoms with E-state index < -0.39 is 0 Å². The number of thioether (sulfide) groups is 1. The summed E-state index contributed by atoms with van der Waals surface area (Å²) in [6, 6.07) is 7.83. The normalized spacial score (nSPS) is 11.1. The molecule has 0 unspecified atom stereocenters. The van der Waals surface area contributed by atoms with Crippen LogP contribution >= 0.6 is 23.1 Å². The van der Waals surface area contributed by atoms with Crippen LogP contribution in [-0.4, -0.2) is 40.0 Å². The Hall–Kier alpha value is -2.19. The van der Waals surface area contributed by atoms with E-state index in [1.54, 1.807) is 18.4 Å². The van der Waals surface area contributed by atoms with E-state index in [0.29, 0.717) is 10.8 Å². The van der Waals surface area contributed by atoms with Crippen LogP contribution in [0.5, 0.6) is 5.75 Å². The molecular weight excluding hydrogens is 368 g/mol. The first-order chi connectivity index (χ1) is 12.5. The number of aryl methyl sites for hydroxylation is 1. The number of hydrogen-bond acceptors (Lipinski definition) is 7. The zero-order valence-electron chi connectivity index (χ0n) is 15.1. The van der Waals surface area contributed by atoms with Crippen molar-refractivity contribution in [3.8, 4) is 17.0 Å². The predicted molar refractivity (Wildman–Crippen MR) is 106 cm³/mol. The smallest absolute Gasteiger partial charge is 0.230 e. The maximum absolute atomic E-state index is 11.9. The summed E-state index contributed by atoms with van der Waals surface area (Å²) in [5.41, 5.74) is 2.56. The number of hydrogen-bond donors (Lipinski definition) is 1. The van der Waals surface area contributed by atoms with Crippen LogP contribution in [0, 0.1) is 6.92 Å². The third-order valence-corrected chi connectivity index (χ3v) is 5.48. The number of amides is 1. The highest BCUT2D eigenvalue weighted by Gasteiger charge is 2.17. The second kappa shape index (κ2) is 8.01. The number of carbonyl (C=O) groups is 1. The van der Waals surface area contributed by atoms with Crippen molar-refractivity contribution in [2.75, 3.05) is 12.9 Å². The van der Waals surface area contributed by atoms with Crippen molar-refractivity contribution in [2.45, 2.75) is 31.8 Å². The van der Waals surface area contributed by atoms with Gasteiger partial charge in [-0.25, -0.2) is 4.98 Å². The molecule has 1 amide bonds. The summed E-state index contributed by atoms with van der Waals surface area (Å²) < 4.78 is 6.19. The van der Waals surface area contributed by atoms with Crippen LogP contribution < -0.4 is 10.1 Å². The van der Waals surface area contributed by atoms with Crippen LogP contribution in [-0.2, 0) is 4.79 Å². The first-order valence-corrected chi connectivity index (χ1v) is 9.98. The maximum atomic E-state index is 11.9. The van der Waals surface area contributed by atoms with Gasteiger partial charge in [-0.3, -0.25) is 4.79 Å². The van der Waals surface area contributed by atoms with E-state index >= 15 is 0 Å². The fraction of sp³-hybridized carbons (Fsp3) is 0.333. The van der Waals surface area contributed by atoms with Gasteiger partial charge >= 0.3 is 0 Å². The number of thiazole rings is 1. The van der Waals surface area contributed by atoms with Gasteiger partial charge in [-0.2, -0.15) is 0 Å². The standard InChI is InChI=1S/C18H20N4O2S2/c1-10(2)19-14(23)9-25-18-16-17(26-11(3)20-16)15(21-22-18)12-5-7-13(24-4)8-6-12/h5-8,10H,9H2,1-4H3,(H,19,23). The number of benzene rings is 1. The minimum absolute atomic E-state index is 0.0221. The molecule has 136 valence electrons. The summed E-state index contributed by atoms with van der Waals surface area (Å²) in [4.78, 5) is 16.5. The molecule has 1 aromatic carbocycles. The predicted octanol–water partition coefficient (Wildman–Crippen LogP) is 3.69. The molecule has 0 saturated carbocycles. The number of carbonyl (C=O) groups excluding carboxylic acids is 1. The average molecular weight is 389 g/mol. The Kier molecular flexibility index (Phi) is 5.73. The highest BCUT2D eigenvalue weighted by atomic mass is 32.2. The molecule has 0 aliphatic rings. The van der Waals surface area contributed by atoms with E-state index in [-0.39, 0.29) is 11.9 Å². The minimum Gasteiger partial charge on any atom is -0.497 e. The van der Waals surface area contributed by atoms with Crippen LogP contribution in [0.3, 0.4) is 0 Å². The van der Waals surface area contributed by atoms with E-state index in [2.05, 4.69) is 20.5 Å². The molecule has 26 heavy (non-hydrogen) atoms. The summed E-state index contributed by atoms with van der Waals surface area (Å²) >= 11 is 2.95. The van der Waals surface area contributed by atoms with E-state index in [4.69, 9.17) is 4.74 Å². The fourth-order valence-corrected chi connectivity index (χ4v) is 4.18. The van der Waals surface area contributed by atoms with Gasteiger partial charge in [0, 0.05) is 11.6 Å². The fourth-order valence-electron chi connectivity index (χ4n) is 2.45. The molecule has 2 aromatic heterocycles. The lowest BCUT2D eigenvalue weighted by Gasteiger charge is -2.08. The lowest BCUT2D eigenvalue weighted by atomic mass is 10.1. The van der Waals surface area contributed by atoms with Gasteiger partial charge in [0.25, 0.3) is 0 Å². The Morgan fingerprint density at radius 3 is 2.65 bits per heavy atom. The Bertz CT molecular complexity index is 923. The lowest BCUT2D eigenvalue weighted by molar-refractivity contribution is -0.119. The van der Waals surface area contributed by atoms with Crippen molar-refractivity contribution < 1.29 is 9.53 Å². The lowest BCUT2D eigenvalue weighted by Crippen LogP contribution is -2.31. The highest BCUT2D eigenvalue weighted by molar-refractivity contribution is 8.00. The maximum Gasteiger partial charge on any atom is 0.230 e. The van der Waals surface area contributed by atoms with Gasteiger partial charge in [-0.15, -0.1) is 21.5 Å². The van der Waals surface area contributed by atoms with Gasteiger partial charge in [-0.1, -0.05) is 11.8 Å². The Labute approximate surface area is 160 Å². The topological polar surface area (TPSA) is 77.0 Å². The van der Waals surface area contributed by atoms with Crippen LogP contribution in [0.2, 0.25) is 0 Å². The molecule has 0 atom stereocenters. The number of aromatic nitrogens is 3. The van der Waals surface area contributed by atoms with E-state index in [0.717, 1.165) is 32.2 Å². The molecule has 0 fully saturated rings. The first-order valence-electron chi connectivity index (χ1n) is 8.18. The van der Waals surface area contributed by atoms with Crippen LogP contribution in [0.15, 0.2) is 29.3 Å². The van der Waals surface area contributed by atoms with Crippen molar-refractivity contribution >= 4 is 39.2 Å².